The van der Waals surface area contributed by atoms with Crippen molar-refractivity contribution in [3.63, 3.8) is 0 Å². The van der Waals surface area contributed by atoms with E-state index in [9.17, 15) is 9.59 Å². The highest BCUT2D eigenvalue weighted by molar-refractivity contribution is 6.89. The van der Waals surface area contributed by atoms with Gasteiger partial charge in [0.05, 0.1) is 8.07 Å². The third-order valence-corrected chi connectivity index (χ3v) is 6.40. The van der Waals surface area contributed by atoms with E-state index in [1.54, 1.807) is 6.92 Å². The molecule has 0 aliphatic rings. The summed E-state index contributed by atoms with van der Waals surface area (Å²) in [6, 6.07) is 9.98. The van der Waals surface area contributed by atoms with E-state index in [1.807, 2.05) is 44.2 Å². The summed E-state index contributed by atoms with van der Waals surface area (Å²) in [5, 5.41) is 0.810. The van der Waals surface area contributed by atoms with Crippen LogP contribution in [0.3, 0.4) is 0 Å². The minimum absolute atomic E-state index is 0.103. The molecule has 1 aromatic carbocycles. The summed E-state index contributed by atoms with van der Waals surface area (Å²) in [6.45, 7) is 11.8. The molecular formula is C20H26O3Si. The maximum absolute atomic E-state index is 12.7. The largest absolute Gasteiger partial charge is 0.428 e. The molecule has 0 fully saturated rings. The Labute approximate surface area is 144 Å². The van der Waals surface area contributed by atoms with Crippen molar-refractivity contribution in [2.75, 3.05) is 0 Å². The molecule has 2 rings (SSSR count). The molecule has 0 radical (unpaired) electrons. The van der Waals surface area contributed by atoms with E-state index in [0.29, 0.717) is 12.2 Å². The highest BCUT2D eigenvalue weighted by Gasteiger charge is 2.30. The molecule has 1 atom stereocenters. The molecule has 4 heteroatoms. The highest BCUT2D eigenvalue weighted by Crippen LogP contribution is 2.28. The van der Waals surface area contributed by atoms with Crippen molar-refractivity contribution >= 4 is 19.0 Å². The van der Waals surface area contributed by atoms with Crippen molar-refractivity contribution in [1.82, 2.24) is 0 Å². The fourth-order valence-corrected chi connectivity index (χ4v) is 4.69. The first-order valence-corrected chi connectivity index (χ1v) is 11.9. The zero-order valence-corrected chi connectivity index (χ0v) is 16.4. The van der Waals surface area contributed by atoms with Crippen LogP contribution < -0.4 is 10.8 Å². The molecule has 0 aliphatic carbocycles. The monoisotopic (exact) mass is 342 g/mol. The summed E-state index contributed by atoms with van der Waals surface area (Å²) < 4.78 is 5.58. The second kappa shape index (κ2) is 6.89. The minimum Gasteiger partial charge on any atom is -0.428 e. The summed E-state index contributed by atoms with van der Waals surface area (Å²) in [5.41, 5.74) is 2.76. The summed E-state index contributed by atoms with van der Waals surface area (Å²) in [6.07, 6.45) is 0.590. The van der Waals surface area contributed by atoms with Gasteiger partial charge in [-0.15, -0.1) is 0 Å². The van der Waals surface area contributed by atoms with Gasteiger partial charge in [0.2, 0.25) is 0 Å². The van der Waals surface area contributed by atoms with Gasteiger partial charge < -0.3 is 4.42 Å². The van der Waals surface area contributed by atoms with Crippen molar-refractivity contribution in [1.29, 1.82) is 0 Å². The predicted molar refractivity (Wildman–Crippen MR) is 102 cm³/mol. The van der Waals surface area contributed by atoms with Crippen molar-refractivity contribution in [3.8, 4) is 11.1 Å². The third kappa shape index (κ3) is 3.75. The first-order valence-electron chi connectivity index (χ1n) is 8.36. The van der Waals surface area contributed by atoms with Crippen molar-refractivity contribution in [2.45, 2.75) is 46.8 Å². The third-order valence-electron chi connectivity index (χ3n) is 4.44. The molecule has 0 spiro atoms. The van der Waals surface area contributed by atoms with E-state index < -0.39 is 8.07 Å². The first kappa shape index (κ1) is 18.4. The van der Waals surface area contributed by atoms with E-state index in [0.717, 1.165) is 21.9 Å². The smallest absolute Gasteiger partial charge is 0.335 e. The van der Waals surface area contributed by atoms with Crippen LogP contribution in [-0.4, -0.2) is 13.9 Å². The van der Waals surface area contributed by atoms with Gasteiger partial charge in [-0.05, 0) is 37.0 Å². The lowest BCUT2D eigenvalue weighted by Gasteiger charge is -2.24. The lowest BCUT2D eigenvalue weighted by molar-refractivity contribution is -0.120. The molecule has 0 amide bonds. The number of hydrogen-bond donors (Lipinski definition) is 0. The Balaban J connectivity index is 2.83. The van der Waals surface area contributed by atoms with Crippen LogP contribution in [-0.2, 0) is 11.2 Å². The molecule has 24 heavy (non-hydrogen) atoms. The number of aryl methyl sites for hydroxylation is 1. The van der Waals surface area contributed by atoms with E-state index in [1.165, 1.54) is 0 Å². The van der Waals surface area contributed by atoms with Gasteiger partial charge in [0.1, 0.15) is 11.5 Å². The van der Waals surface area contributed by atoms with Crippen LogP contribution in [0.25, 0.3) is 11.1 Å². The number of carbonyl (C=O) groups excluding carboxylic acids is 1. The summed E-state index contributed by atoms with van der Waals surface area (Å²) in [4.78, 5) is 24.4. The molecule has 1 unspecified atom stereocenters. The lowest BCUT2D eigenvalue weighted by Crippen LogP contribution is -2.49. The summed E-state index contributed by atoms with van der Waals surface area (Å²) >= 11 is 0. The average molecular weight is 343 g/mol. The Hall–Kier alpha value is -1.94. The molecule has 0 saturated carbocycles. The fraction of sp³-hybridized carbons (Fsp3) is 0.400. The average Bonchev–Trinajstić information content (AvgIpc) is 2.48. The van der Waals surface area contributed by atoms with Crippen LogP contribution in [0.4, 0.5) is 0 Å². The molecular weight excluding hydrogens is 316 g/mol. The molecule has 2 aromatic rings. The van der Waals surface area contributed by atoms with Crippen LogP contribution in [0.2, 0.25) is 19.6 Å². The molecule has 3 nitrogen and oxygen atoms in total. The van der Waals surface area contributed by atoms with Gasteiger partial charge >= 0.3 is 5.63 Å². The van der Waals surface area contributed by atoms with Gasteiger partial charge in [0, 0.05) is 11.1 Å². The van der Waals surface area contributed by atoms with E-state index in [4.69, 9.17) is 4.42 Å². The molecule has 0 aliphatic heterocycles. The van der Waals surface area contributed by atoms with Crippen molar-refractivity contribution in [2.24, 2.45) is 5.92 Å². The van der Waals surface area contributed by atoms with Gasteiger partial charge in [0.25, 0.3) is 0 Å². The van der Waals surface area contributed by atoms with Crippen LogP contribution in [0.15, 0.2) is 39.5 Å². The number of rotatable bonds is 5. The van der Waals surface area contributed by atoms with Gasteiger partial charge in [-0.2, -0.15) is 0 Å². The maximum atomic E-state index is 12.7. The SMILES string of the molecule is CC(=O)C(C)Cc1c(C)oc(=O)c([Si](C)(C)C)c1-c1ccccc1. The number of ketones is 1. The number of hydrogen-bond acceptors (Lipinski definition) is 3. The lowest BCUT2D eigenvalue weighted by atomic mass is 9.91. The fourth-order valence-electron chi connectivity index (χ4n) is 2.98. The number of Topliss-reactive ketones (excluding diaryl/α,β-unsaturated/α-hetero) is 1. The Kier molecular flexibility index (Phi) is 5.28. The minimum atomic E-state index is -1.93. The standard InChI is InChI=1S/C20H26O3Si/c1-13(14(2)21)12-17-15(3)23-20(22)19(24(4,5)6)18(17)16-10-8-7-9-11-16/h7-11,13H,12H2,1-6H3. The Bertz CT molecular complexity index is 798. The molecule has 128 valence electrons. The molecule has 1 aromatic heterocycles. The molecule has 0 saturated heterocycles. The summed E-state index contributed by atoms with van der Waals surface area (Å²) in [5.74, 6) is 0.663. The second-order valence-electron chi connectivity index (χ2n) is 7.51. The maximum Gasteiger partial charge on any atom is 0.335 e. The zero-order chi connectivity index (χ0) is 18.1. The van der Waals surface area contributed by atoms with Gasteiger partial charge in [-0.3, -0.25) is 4.79 Å². The van der Waals surface area contributed by atoms with Gasteiger partial charge in [-0.1, -0.05) is 56.9 Å². The Morgan fingerprint density at radius 1 is 1.17 bits per heavy atom. The topological polar surface area (TPSA) is 47.3 Å². The Morgan fingerprint density at radius 3 is 2.25 bits per heavy atom. The Morgan fingerprint density at radius 2 is 1.75 bits per heavy atom. The van der Waals surface area contributed by atoms with E-state index >= 15 is 0 Å². The first-order chi connectivity index (χ1) is 11.1. The second-order valence-corrected chi connectivity index (χ2v) is 12.5. The zero-order valence-electron chi connectivity index (χ0n) is 15.4. The number of carbonyl (C=O) groups is 1. The van der Waals surface area contributed by atoms with Crippen LogP contribution in [0, 0.1) is 12.8 Å². The summed E-state index contributed by atoms with van der Waals surface area (Å²) in [7, 11) is -1.93. The molecule has 0 N–H and O–H groups in total. The molecule has 0 bridgehead atoms. The van der Waals surface area contributed by atoms with Crippen LogP contribution in [0.5, 0.6) is 0 Å². The van der Waals surface area contributed by atoms with Gasteiger partial charge in [0.15, 0.2) is 0 Å². The highest BCUT2D eigenvalue weighted by atomic mass is 28.3. The van der Waals surface area contributed by atoms with Crippen molar-refractivity contribution < 1.29 is 9.21 Å². The van der Waals surface area contributed by atoms with E-state index in [-0.39, 0.29) is 17.3 Å². The van der Waals surface area contributed by atoms with Crippen LogP contribution >= 0.6 is 0 Å². The van der Waals surface area contributed by atoms with Gasteiger partial charge in [-0.25, -0.2) is 4.79 Å². The van der Waals surface area contributed by atoms with Crippen molar-refractivity contribution in [3.05, 3.63) is 52.1 Å². The predicted octanol–water partition coefficient (Wildman–Crippen LogP) is 3.93. The normalized spacial score (nSPS) is 12.9. The number of benzene rings is 1. The molecule has 1 heterocycles. The van der Waals surface area contributed by atoms with Crippen LogP contribution in [0.1, 0.15) is 25.2 Å². The van der Waals surface area contributed by atoms with E-state index in [2.05, 4.69) is 19.6 Å². The quantitative estimate of drug-likeness (QED) is 0.774.